The summed E-state index contributed by atoms with van der Waals surface area (Å²) in [6.07, 6.45) is 6.84. The molecule has 0 bridgehead atoms. The quantitative estimate of drug-likeness (QED) is 0.861. The van der Waals surface area contributed by atoms with Crippen LogP contribution in [0.5, 0.6) is 5.75 Å². The first-order chi connectivity index (χ1) is 9.74. The van der Waals surface area contributed by atoms with Gasteiger partial charge in [-0.15, -0.1) is 0 Å². The van der Waals surface area contributed by atoms with Crippen LogP contribution in [0.4, 0.5) is 0 Å². The number of rotatable bonds is 6. The molecule has 0 aliphatic heterocycles. The monoisotopic (exact) mass is 277 g/mol. The number of nitrogens with one attached hydrogen (secondary N) is 1. The van der Waals surface area contributed by atoms with Crippen molar-refractivity contribution in [2.45, 2.75) is 51.2 Å². The zero-order chi connectivity index (χ0) is 14.4. The van der Waals surface area contributed by atoms with Crippen LogP contribution in [0.2, 0.25) is 0 Å². The lowest BCUT2D eigenvalue weighted by molar-refractivity contribution is 0.0163. The van der Waals surface area contributed by atoms with Crippen LogP contribution in [0.1, 0.15) is 49.3 Å². The molecular formula is C17H27NO2. The summed E-state index contributed by atoms with van der Waals surface area (Å²) in [5, 5.41) is 3.35. The van der Waals surface area contributed by atoms with Crippen molar-refractivity contribution in [3.8, 4) is 5.75 Å². The topological polar surface area (TPSA) is 30.5 Å². The van der Waals surface area contributed by atoms with E-state index in [4.69, 9.17) is 9.47 Å². The molecule has 112 valence electrons. The standard InChI is InChI=1S/C17H27NO2/c1-13-9-10-17(19-3)15(11-13)16(18-2)12-20-14-7-5-4-6-8-14/h9-11,14,16,18H,4-8,12H2,1-3H3. The molecule has 1 aromatic carbocycles. The highest BCUT2D eigenvalue weighted by atomic mass is 16.5. The molecule has 1 aliphatic rings. The average molecular weight is 277 g/mol. The van der Waals surface area contributed by atoms with Gasteiger partial charge in [0.2, 0.25) is 0 Å². The number of hydrogen-bond acceptors (Lipinski definition) is 3. The van der Waals surface area contributed by atoms with Crippen LogP contribution < -0.4 is 10.1 Å². The van der Waals surface area contributed by atoms with Crippen molar-refractivity contribution in [3.63, 3.8) is 0 Å². The zero-order valence-electron chi connectivity index (χ0n) is 12.9. The molecule has 1 atom stereocenters. The Labute approximate surface area is 122 Å². The Morgan fingerprint density at radius 3 is 2.65 bits per heavy atom. The zero-order valence-corrected chi connectivity index (χ0v) is 12.9. The third-order valence-electron chi connectivity index (χ3n) is 4.16. The van der Waals surface area contributed by atoms with Gasteiger partial charge in [-0.1, -0.05) is 37.0 Å². The van der Waals surface area contributed by atoms with Gasteiger partial charge in [0, 0.05) is 5.56 Å². The molecule has 1 unspecified atom stereocenters. The van der Waals surface area contributed by atoms with Gasteiger partial charge in [0.1, 0.15) is 5.75 Å². The minimum Gasteiger partial charge on any atom is -0.496 e. The Morgan fingerprint density at radius 1 is 1.25 bits per heavy atom. The fraction of sp³-hybridized carbons (Fsp3) is 0.647. The number of methoxy groups -OCH3 is 1. The molecule has 0 radical (unpaired) electrons. The number of likely N-dealkylation sites (N-methyl/N-ethyl adjacent to an activating group) is 1. The minimum atomic E-state index is 0.187. The van der Waals surface area contributed by atoms with E-state index in [9.17, 15) is 0 Å². The van der Waals surface area contributed by atoms with Gasteiger partial charge in [0.15, 0.2) is 0 Å². The Balaban J connectivity index is 2.01. The number of aryl methyl sites for hydroxylation is 1. The van der Waals surface area contributed by atoms with Gasteiger partial charge in [-0.05, 0) is 32.9 Å². The van der Waals surface area contributed by atoms with Crippen molar-refractivity contribution in [2.75, 3.05) is 20.8 Å². The van der Waals surface area contributed by atoms with Crippen molar-refractivity contribution in [3.05, 3.63) is 29.3 Å². The molecule has 0 amide bonds. The average Bonchev–Trinajstić information content (AvgIpc) is 2.49. The van der Waals surface area contributed by atoms with Crippen molar-refractivity contribution in [2.24, 2.45) is 0 Å². The third kappa shape index (κ3) is 3.97. The van der Waals surface area contributed by atoms with Crippen molar-refractivity contribution >= 4 is 0 Å². The van der Waals surface area contributed by atoms with E-state index in [1.807, 2.05) is 13.1 Å². The summed E-state index contributed by atoms with van der Waals surface area (Å²) < 4.78 is 11.6. The first kappa shape index (κ1) is 15.3. The van der Waals surface area contributed by atoms with Crippen LogP contribution in [0.3, 0.4) is 0 Å². The van der Waals surface area contributed by atoms with Crippen LogP contribution in [-0.2, 0) is 4.74 Å². The van der Waals surface area contributed by atoms with E-state index in [2.05, 4.69) is 24.4 Å². The second-order valence-corrected chi connectivity index (χ2v) is 5.68. The molecule has 1 fully saturated rings. The second kappa shape index (κ2) is 7.65. The predicted molar refractivity (Wildman–Crippen MR) is 82.4 cm³/mol. The van der Waals surface area contributed by atoms with Gasteiger partial charge < -0.3 is 14.8 Å². The van der Waals surface area contributed by atoms with Gasteiger partial charge >= 0.3 is 0 Å². The Bertz CT molecular complexity index is 413. The summed E-state index contributed by atoms with van der Waals surface area (Å²) in [6, 6.07) is 6.49. The molecule has 1 aliphatic carbocycles. The molecular weight excluding hydrogens is 250 g/mol. The maximum absolute atomic E-state index is 6.11. The fourth-order valence-corrected chi connectivity index (χ4v) is 2.92. The largest absolute Gasteiger partial charge is 0.496 e. The smallest absolute Gasteiger partial charge is 0.123 e. The maximum Gasteiger partial charge on any atom is 0.123 e. The molecule has 3 nitrogen and oxygen atoms in total. The number of benzene rings is 1. The predicted octanol–water partition coefficient (Wildman–Crippen LogP) is 3.61. The van der Waals surface area contributed by atoms with E-state index in [-0.39, 0.29) is 6.04 Å². The van der Waals surface area contributed by atoms with Crippen LogP contribution in [0.25, 0.3) is 0 Å². The highest BCUT2D eigenvalue weighted by Gasteiger charge is 2.19. The van der Waals surface area contributed by atoms with Gasteiger partial charge in [0.25, 0.3) is 0 Å². The first-order valence-corrected chi connectivity index (χ1v) is 7.68. The van der Waals surface area contributed by atoms with E-state index < -0.39 is 0 Å². The lowest BCUT2D eigenvalue weighted by Crippen LogP contribution is -2.26. The summed E-state index contributed by atoms with van der Waals surface area (Å²) >= 11 is 0. The molecule has 0 heterocycles. The molecule has 2 rings (SSSR count). The highest BCUT2D eigenvalue weighted by Crippen LogP contribution is 2.28. The van der Waals surface area contributed by atoms with Crippen LogP contribution >= 0.6 is 0 Å². The van der Waals surface area contributed by atoms with E-state index in [1.165, 1.54) is 43.2 Å². The van der Waals surface area contributed by atoms with E-state index in [1.54, 1.807) is 7.11 Å². The van der Waals surface area contributed by atoms with Gasteiger partial charge in [-0.2, -0.15) is 0 Å². The molecule has 0 spiro atoms. The molecule has 3 heteroatoms. The summed E-state index contributed by atoms with van der Waals surface area (Å²) in [5.74, 6) is 0.933. The Kier molecular flexibility index (Phi) is 5.86. The summed E-state index contributed by atoms with van der Waals surface area (Å²) in [7, 11) is 3.71. The fourth-order valence-electron chi connectivity index (χ4n) is 2.92. The SMILES string of the molecule is CNC(COC1CCCCC1)c1cc(C)ccc1OC. The van der Waals surface area contributed by atoms with Crippen LogP contribution in [-0.4, -0.2) is 26.9 Å². The molecule has 1 saturated carbocycles. The number of ether oxygens (including phenoxy) is 2. The van der Waals surface area contributed by atoms with Crippen LogP contribution in [0.15, 0.2) is 18.2 Å². The van der Waals surface area contributed by atoms with E-state index in [0.29, 0.717) is 12.7 Å². The second-order valence-electron chi connectivity index (χ2n) is 5.68. The van der Waals surface area contributed by atoms with Crippen molar-refractivity contribution < 1.29 is 9.47 Å². The Hall–Kier alpha value is -1.06. The van der Waals surface area contributed by atoms with Gasteiger partial charge in [-0.3, -0.25) is 0 Å². The normalized spacial score (nSPS) is 17.9. The first-order valence-electron chi connectivity index (χ1n) is 7.68. The lowest BCUT2D eigenvalue weighted by Gasteiger charge is -2.26. The Morgan fingerprint density at radius 2 is 2.00 bits per heavy atom. The molecule has 0 aromatic heterocycles. The molecule has 20 heavy (non-hydrogen) atoms. The van der Waals surface area contributed by atoms with E-state index in [0.717, 1.165) is 5.75 Å². The molecule has 1 aromatic rings. The summed E-state index contributed by atoms with van der Waals surface area (Å²) in [5.41, 5.74) is 2.43. The van der Waals surface area contributed by atoms with Crippen LogP contribution in [0, 0.1) is 6.92 Å². The molecule has 1 N–H and O–H groups in total. The lowest BCUT2D eigenvalue weighted by atomic mass is 9.97. The molecule has 0 saturated heterocycles. The van der Waals surface area contributed by atoms with Gasteiger partial charge in [-0.25, -0.2) is 0 Å². The maximum atomic E-state index is 6.11. The third-order valence-corrected chi connectivity index (χ3v) is 4.16. The minimum absolute atomic E-state index is 0.187. The summed E-state index contributed by atoms with van der Waals surface area (Å²) in [6.45, 7) is 2.82. The highest BCUT2D eigenvalue weighted by molar-refractivity contribution is 5.39. The van der Waals surface area contributed by atoms with E-state index >= 15 is 0 Å². The van der Waals surface area contributed by atoms with Crippen molar-refractivity contribution in [1.82, 2.24) is 5.32 Å². The van der Waals surface area contributed by atoms with Crippen molar-refractivity contribution in [1.29, 1.82) is 0 Å². The summed E-state index contributed by atoms with van der Waals surface area (Å²) in [4.78, 5) is 0. The number of hydrogen-bond donors (Lipinski definition) is 1. The van der Waals surface area contributed by atoms with Gasteiger partial charge in [0.05, 0.1) is 25.9 Å².